The van der Waals surface area contributed by atoms with Gasteiger partial charge < -0.3 is 9.09 Å². The number of nitrogens with one attached hydrogen (secondary N) is 2. The van der Waals surface area contributed by atoms with Crippen molar-refractivity contribution < 1.29 is 22.9 Å². The van der Waals surface area contributed by atoms with Crippen LogP contribution in [0.25, 0.3) is 0 Å². The lowest BCUT2D eigenvalue weighted by Crippen LogP contribution is -2.24. The van der Waals surface area contributed by atoms with Crippen LogP contribution < -0.4 is 10.2 Å². The molecule has 0 aromatic carbocycles. The second-order valence-corrected chi connectivity index (χ2v) is 9.84. The molecule has 3 rings (SSSR count). The lowest BCUT2D eigenvalue weighted by Gasteiger charge is -2.22. The third-order valence-corrected chi connectivity index (χ3v) is 6.94. The number of nitrogens with zero attached hydrogens (tertiary/aromatic N) is 4. The Morgan fingerprint density at radius 1 is 1.35 bits per heavy atom. The first-order chi connectivity index (χ1) is 14.9. The molecule has 1 fully saturated rings. The molecule has 1 aliphatic rings. The third kappa shape index (κ3) is 6.84. The van der Waals surface area contributed by atoms with Crippen LogP contribution in [0.2, 0.25) is 0 Å². The van der Waals surface area contributed by atoms with Crippen molar-refractivity contribution in [1.82, 2.24) is 29.9 Å². The number of amides is 1. The van der Waals surface area contributed by atoms with E-state index in [0.717, 1.165) is 18.8 Å². The Morgan fingerprint density at radius 2 is 2.13 bits per heavy atom. The van der Waals surface area contributed by atoms with Crippen LogP contribution in [0, 0.1) is 5.92 Å². The molecule has 0 bridgehead atoms. The summed E-state index contributed by atoms with van der Waals surface area (Å²) in [5.74, 6) is 0.276. The Kier molecular flexibility index (Phi) is 8.15. The van der Waals surface area contributed by atoms with Crippen molar-refractivity contribution in [3.05, 3.63) is 24.2 Å². The summed E-state index contributed by atoms with van der Waals surface area (Å²) in [5, 5.41) is 12.6. The van der Waals surface area contributed by atoms with Crippen molar-refractivity contribution in [3.63, 3.8) is 0 Å². The lowest BCUT2D eigenvalue weighted by molar-refractivity contribution is -0.129. The highest BCUT2D eigenvalue weighted by molar-refractivity contribution is 7.89. The van der Waals surface area contributed by atoms with Gasteiger partial charge >= 0.3 is 0 Å². The maximum Gasteiger partial charge on any atom is 0.259 e. The fourth-order valence-corrected chi connectivity index (χ4v) is 4.94. The molecular formula is C19H30N6O5S. The number of hydrogen-bond acceptors (Lipinski definition) is 8. The summed E-state index contributed by atoms with van der Waals surface area (Å²) in [6.07, 6.45) is 11.8. The molecule has 2 aromatic heterocycles. The average molecular weight is 455 g/mol. The number of aromatic nitrogens is 4. The number of hydroxylamine groups is 1. The van der Waals surface area contributed by atoms with Crippen molar-refractivity contribution in [3.8, 4) is 0 Å². The molecule has 0 saturated heterocycles. The average Bonchev–Trinajstić information content (AvgIpc) is 3.42. The molecule has 12 heteroatoms. The Balaban J connectivity index is 1.58. The van der Waals surface area contributed by atoms with E-state index in [2.05, 4.69) is 19.8 Å². The summed E-state index contributed by atoms with van der Waals surface area (Å²) in [5.41, 5.74) is 1.65. The first-order valence-corrected chi connectivity index (χ1v) is 12.1. The zero-order valence-electron chi connectivity index (χ0n) is 17.7. The van der Waals surface area contributed by atoms with Gasteiger partial charge in [0, 0.05) is 25.6 Å². The van der Waals surface area contributed by atoms with Gasteiger partial charge in [0.2, 0.25) is 11.8 Å². The van der Waals surface area contributed by atoms with Gasteiger partial charge in [0.05, 0.1) is 12.9 Å². The predicted octanol–water partition coefficient (Wildman–Crippen LogP) is 2.01. The van der Waals surface area contributed by atoms with Crippen molar-refractivity contribution in [1.29, 1.82) is 0 Å². The number of rotatable bonds is 11. The highest BCUT2D eigenvalue weighted by Crippen LogP contribution is 2.31. The molecule has 31 heavy (non-hydrogen) atoms. The van der Waals surface area contributed by atoms with Gasteiger partial charge in [-0.05, 0) is 12.3 Å². The molecule has 0 unspecified atom stereocenters. The number of imidazole rings is 1. The maximum atomic E-state index is 12.3. The monoisotopic (exact) mass is 454 g/mol. The van der Waals surface area contributed by atoms with Gasteiger partial charge in [0.25, 0.3) is 10.0 Å². The zero-order valence-corrected chi connectivity index (χ0v) is 18.5. The predicted molar refractivity (Wildman–Crippen MR) is 109 cm³/mol. The van der Waals surface area contributed by atoms with Gasteiger partial charge in [-0.25, -0.2) is 23.6 Å². The number of hydrogen-bond donors (Lipinski definition) is 3. The Bertz CT molecular complexity index is 951. The van der Waals surface area contributed by atoms with E-state index in [4.69, 9.17) is 9.73 Å². The Hall–Kier alpha value is -2.31. The molecule has 0 aliphatic heterocycles. The van der Waals surface area contributed by atoms with E-state index >= 15 is 0 Å². The van der Waals surface area contributed by atoms with E-state index in [1.807, 2.05) is 0 Å². The highest BCUT2D eigenvalue weighted by atomic mass is 32.2. The van der Waals surface area contributed by atoms with E-state index in [1.54, 1.807) is 12.5 Å². The van der Waals surface area contributed by atoms with Crippen molar-refractivity contribution in [2.24, 2.45) is 13.0 Å². The van der Waals surface area contributed by atoms with Gasteiger partial charge in [0.15, 0.2) is 10.9 Å². The summed E-state index contributed by atoms with van der Waals surface area (Å²) in [4.78, 5) is 19.8. The molecule has 0 radical (unpaired) electrons. The van der Waals surface area contributed by atoms with Crippen LogP contribution in [0.1, 0.15) is 75.4 Å². The van der Waals surface area contributed by atoms with Crippen LogP contribution >= 0.6 is 0 Å². The summed E-state index contributed by atoms with van der Waals surface area (Å²) in [7, 11) is -2.12. The fourth-order valence-electron chi connectivity index (χ4n) is 3.98. The van der Waals surface area contributed by atoms with Crippen molar-refractivity contribution >= 4 is 15.9 Å². The molecule has 1 saturated carbocycles. The largest absolute Gasteiger partial charge is 0.339 e. The summed E-state index contributed by atoms with van der Waals surface area (Å²) in [6.45, 7) is -0.163. The number of aryl methyl sites for hydroxylation is 1. The van der Waals surface area contributed by atoms with E-state index < -0.39 is 15.9 Å². The summed E-state index contributed by atoms with van der Waals surface area (Å²) < 4.78 is 33.8. The number of carbonyl (C=O) groups excluding carboxylic acids is 1. The molecule has 11 nitrogen and oxygen atoms in total. The zero-order chi connectivity index (χ0) is 22.3. The fraction of sp³-hybridized carbons (Fsp3) is 0.684. The van der Waals surface area contributed by atoms with Crippen LogP contribution in [-0.2, 0) is 28.4 Å². The van der Waals surface area contributed by atoms with E-state index in [0.29, 0.717) is 6.42 Å². The third-order valence-electron chi connectivity index (χ3n) is 5.66. The minimum absolute atomic E-state index is 0.0163. The smallest absolute Gasteiger partial charge is 0.259 e. The maximum absolute atomic E-state index is 12.3. The standard InChI is InChI=1S/C19H30N6O5S/c1-25-12-18(20-13-25)31(28,29)21-11-16-22-19(30-24-16)15(10-17(26)23-27)9-5-8-14-6-3-2-4-7-14/h12-15,21,27H,2-11H2,1H3,(H,23,26)/t15-/m1/s1. The normalized spacial score (nSPS) is 16.3. The van der Waals surface area contributed by atoms with Crippen molar-refractivity contribution in [2.45, 2.75) is 75.3 Å². The minimum Gasteiger partial charge on any atom is -0.339 e. The number of sulfonamides is 1. The van der Waals surface area contributed by atoms with Gasteiger partial charge in [-0.15, -0.1) is 0 Å². The van der Waals surface area contributed by atoms with Crippen LogP contribution in [0.3, 0.4) is 0 Å². The van der Waals surface area contributed by atoms with Crippen LogP contribution in [0.4, 0.5) is 0 Å². The number of carbonyl (C=O) groups is 1. The van der Waals surface area contributed by atoms with Gasteiger partial charge in [-0.3, -0.25) is 10.0 Å². The molecule has 1 amide bonds. The van der Waals surface area contributed by atoms with Crippen LogP contribution in [0.5, 0.6) is 0 Å². The second kappa shape index (κ2) is 10.8. The van der Waals surface area contributed by atoms with Crippen LogP contribution in [0.15, 0.2) is 22.1 Å². The topological polar surface area (TPSA) is 152 Å². The molecule has 1 atom stereocenters. The first-order valence-electron chi connectivity index (χ1n) is 10.6. The van der Waals surface area contributed by atoms with Crippen molar-refractivity contribution in [2.75, 3.05) is 0 Å². The molecule has 172 valence electrons. The molecule has 0 spiro atoms. The van der Waals surface area contributed by atoms with E-state index in [9.17, 15) is 13.2 Å². The molecule has 1 aliphatic carbocycles. The molecule has 3 N–H and O–H groups in total. The Morgan fingerprint density at radius 3 is 2.81 bits per heavy atom. The quantitative estimate of drug-likeness (QED) is 0.344. The van der Waals surface area contributed by atoms with Gasteiger partial charge in [-0.1, -0.05) is 50.1 Å². The summed E-state index contributed by atoms with van der Waals surface area (Å²) in [6, 6.07) is 0. The molecular weight excluding hydrogens is 424 g/mol. The molecule has 2 aromatic rings. The summed E-state index contributed by atoms with van der Waals surface area (Å²) >= 11 is 0. The second-order valence-electron chi connectivity index (χ2n) is 8.12. The minimum atomic E-state index is -3.80. The van der Waals surface area contributed by atoms with Crippen LogP contribution in [-0.4, -0.2) is 39.2 Å². The first kappa shape index (κ1) is 23.4. The Labute approximate surface area is 181 Å². The lowest BCUT2D eigenvalue weighted by atomic mass is 9.84. The van der Waals surface area contributed by atoms with E-state index in [1.165, 1.54) is 49.2 Å². The highest BCUT2D eigenvalue weighted by Gasteiger charge is 2.24. The van der Waals surface area contributed by atoms with E-state index in [-0.39, 0.29) is 35.6 Å². The van der Waals surface area contributed by atoms with Gasteiger partial charge in [-0.2, -0.15) is 4.98 Å². The molecule has 2 heterocycles. The van der Waals surface area contributed by atoms with Gasteiger partial charge in [0.1, 0.15) is 0 Å². The SMILES string of the molecule is Cn1cnc(S(=O)(=O)NCc2noc([C@H](CCCC3CCCCC3)CC(=O)NO)n2)c1.